The van der Waals surface area contributed by atoms with Gasteiger partial charge in [-0.25, -0.2) is 5.43 Å². The number of amides is 4. The van der Waals surface area contributed by atoms with E-state index < -0.39 is 47.2 Å². The van der Waals surface area contributed by atoms with E-state index in [1.165, 1.54) is 21.9 Å². The second kappa shape index (κ2) is 20.6. The summed E-state index contributed by atoms with van der Waals surface area (Å²) in [7, 11) is 4.77. The first-order valence-corrected chi connectivity index (χ1v) is 22.8. The smallest absolute Gasteiger partial charge is 0.324 e. The third-order valence-electron chi connectivity index (χ3n) is 12.8. The van der Waals surface area contributed by atoms with Gasteiger partial charge in [-0.3, -0.25) is 34.0 Å². The number of fused-ring (bicyclic) bond motifs is 6. The maximum atomic E-state index is 14.7. The number of pyridine rings is 1. The van der Waals surface area contributed by atoms with Crippen molar-refractivity contribution in [3.8, 4) is 28.1 Å². The molecule has 0 aliphatic carbocycles. The first kappa shape index (κ1) is 48.7. The molecule has 1 fully saturated rings. The molecule has 65 heavy (non-hydrogen) atoms. The van der Waals surface area contributed by atoms with E-state index in [9.17, 15) is 29.1 Å². The van der Waals surface area contributed by atoms with E-state index >= 15 is 0 Å². The lowest BCUT2D eigenvalue weighted by molar-refractivity contribution is -0.155. The number of likely N-dealkylation sites (N-methyl/N-ethyl adjacent to an activating group) is 2. The standard InChI is InChI=1S/C50H67N7O8/c1-11-31(5)47(61)54(8)27-43(59)55(9)44(30(3)4)46(60)52-41-22-32-20-35(23-36(58)21-32)33-15-16-42-37(24-33)38(45(56(42)12-2)39-26-51-18-17-34(39)28-64-10)25-50(6,7)29-65-49(63)40-14-13-19-57(53-40)48(41)62/h15-18,20-21,23-24,26,30-31,40-41,44,53,58H,11-14,19,22,25,27-29H2,1-10H3,(H,52,60)/t31-,40+,41+,44?/m1/s1. The van der Waals surface area contributed by atoms with Gasteiger partial charge in [0.1, 0.15) is 23.9 Å². The number of nitrogens with zero attached hydrogens (tertiary/aromatic N) is 5. The van der Waals surface area contributed by atoms with Gasteiger partial charge < -0.3 is 34.3 Å². The third-order valence-corrected chi connectivity index (χ3v) is 12.8. The molecule has 0 radical (unpaired) electrons. The Bertz CT molecular complexity index is 2410. The Balaban J connectivity index is 1.44. The van der Waals surface area contributed by atoms with Crippen molar-refractivity contribution in [2.24, 2.45) is 17.3 Å². The number of nitrogens with one attached hydrogen (secondary N) is 2. The second-order valence-corrected chi connectivity index (χ2v) is 18.9. The Morgan fingerprint density at radius 1 is 1.06 bits per heavy atom. The SMILES string of the molecule is CC[C@@H](C)C(=O)N(C)CC(=O)N(C)C(C(=O)N[C@H]1Cc2cc(O)cc(c2)-c2ccc3c(c2)c(c(-c2cnccc2COC)n3CC)CC(C)(C)COC(=O)[C@@H]2CCCN(N2)C1=O)C(C)C. The third kappa shape index (κ3) is 10.8. The van der Waals surface area contributed by atoms with E-state index in [1.54, 1.807) is 32.5 Å². The maximum absolute atomic E-state index is 14.7. The molecular weight excluding hydrogens is 827 g/mol. The topological polar surface area (TPSA) is 176 Å². The molecule has 350 valence electrons. The monoisotopic (exact) mass is 894 g/mol. The minimum Gasteiger partial charge on any atom is -0.508 e. The lowest BCUT2D eigenvalue weighted by Crippen LogP contribution is -2.62. The van der Waals surface area contributed by atoms with Crippen LogP contribution in [0, 0.1) is 17.3 Å². The van der Waals surface area contributed by atoms with Gasteiger partial charge >= 0.3 is 5.97 Å². The van der Waals surface area contributed by atoms with Crippen LogP contribution in [0.2, 0.25) is 0 Å². The highest BCUT2D eigenvalue weighted by Crippen LogP contribution is 2.41. The molecule has 1 saturated heterocycles. The van der Waals surface area contributed by atoms with Crippen LogP contribution in [0.3, 0.4) is 0 Å². The summed E-state index contributed by atoms with van der Waals surface area (Å²) in [4.78, 5) is 76.7. The van der Waals surface area contributed by atoms with Gasteiger partial charge in [-0.2, -0.15) is 0 Å². The van der Waals surface area contributed by atoms with Crippen molar-refractivity contribution in [2.75, 3.05) is 40.9 Å². The van der Waals surface area contributed by atoms with Crippen molar-refractivity contribution < 1.29 is 38.6 Å². The number of methoxy groups -OCH3 is 1. The second-order valence-electron chi connectivity index (χ2n) is 18.9. The van der Waals surface area contributed by atoms with Gasteiger partial charge in [0.2, 0.25) is 17.7 Å². The quantitative estimate of drug-likeness (QED) is 0.146. The van der Waals surface area contributed by atoms with Crippen molar-refractivity contribution in [1.82, 2.24) is 35.1 Å². The number of phenolic OH excluding ortho intramolecular Hbond substituents is 1. The predicted molar refractivity (Wildman–Crippen MR) is 249 cm³/mol. The van der Waals surface area contributed by atoms with Crippen molar-refractivity contribution in [3.63, 3.8) is 0 Å². The number of hydrogen-bond acceptors (Lipinski definition) is 10. The molecule has 1 unspecified atom stereocenters. The zero-order chi connectivity index (χ0) is 47.3. The van der Waals surface area contributed by atoms with Crippen LogP contribution in [0.1, 0.15) is 84.4 Å². The van der Waals surface area contributed by atoms with Gasteiger partial charge in [0.15, 0.2) is 0 Å². The number of hydrogen-bond donors (Lipinski definition) is 3. The number of aromatic nitrogens is 2. The average Bonchev–Trinajstić information content (AvgIpc) is 3.58. The summed E-state index contributed by atoms with van der Waals surface area (Å²) in [6, 6.07) is 10.4. The molecule has 2 aliphatic heterocycles. The number of hydrazine groups is 1. The Labute approximate surface area is 382 Å². The van der Waals surface area contributed by atoms with Crippen LogP contribution in [0.4, 0.5) is 0 Å². The van der Waals surface area contributed by atoms with Crippen LogP contribution in [-0.2, 0) is 59.4 Å². The minimum absolute atomic E-state index is 0.0161. The highest BCUT2D eigenvalue weighted by atomic mass is 16.5. The summed E-state index contributed by atoms with van der Waals surface area (Å²) >= 11 is 0. The van der Waals surface area contributed by atoms with Crippen LogP contribution < -0.4 is 10.7 Å². The number of cyclic esters (lactones) is 1. The van der Waals surface area contributed by atoms with Gasteiger partial charge in [0, 0.05) is 80.9 Å². The van der Waals surface area contributed by atoms with Crippen molar-refractivity contribution >= 4 is 40.5 Å². The number of benzene rings is 2. The lowest BCUT2D eigenvalue weighted by atomic mass is 9.84. The average molecular weight is 894 g/mol. The fraction of sp³-hybridized carbons (Fsp3) is 0.520. The molecule has 0 saturated carbocycles. The van der Waals surface area contributed by atoms with E-state index in [4.69, 9.17) is 9.47 Å². The molecule has 4 heterocycles. The fourth-order valence-corrected chi connectivity index (χ4v) is 9.21. The number of rotatable bonds is 12. The molecule has 2 aromatic heterocycles. The van der Waals surface area contributed by atoms with Crippen molar-refractivity contribution in [1.29, 1.82) is 0 Å². The van der Waals surface area contributed by atoms with Gasteiger partial charge in [-0.15, -0.1) is 0 Å². The Hall–Kier alpha value is -5.80. The molecule has 4 aromatic rings. The number of aryl methyl sites for hydroxylation is 1. The highest BCUT2D eigenvalue weighted by molar-refractivity contribution is 5.96. The van der Waals surface area contributed by atoms with E-state index in [0.29, 0.717) is 50.0 Å². The van der Waals surface area contributed by atoms with Gasteiger partial charge in [0.25, 0.3) is 5.91 Å². The van der Waals surface area contributed by atoms with E-state index in [0.717, 1.165) is 38.9 Å². The molecule has 15 heteroatoms. The van der Waals surface area contributed by atoms with Gasteiger partial charge in [0.05, 0.1) is 25.5 Å². The number of carbonyl (C=O) groups excluding carboxylic acids is 5. The summed E-state index contributed by atoms with van der Waals surface area (Å²) in [6.45, 7) is 14.8. The molecule has 2 aromatic carbocycles. The van der Waals surface area contributed by atoms with E-state index in [2.05, 4.69) is 53.2 Å². The Morgan fingerprint density at radius 3 is 2.51 bits per heavy atom. The van der Waals surface area contributed by atoms with Crippen LogP contribution in [0.15, 0.2) is 54.9 Å². The highest BCUT2D eigenvalue weighted by Gasteiger charge is 2.38. The lowest BCUT2D eigenvalue weighted by Gasteiger charge is -2.37. The minimum atomic E-state index is -1.17. The first-order chi connectivity index (χ1) is 30.9. The van der Waals surface area contributed by atoms with Gasteiger partial charge in [-0.05, 0) is 96.7 Å². The zero-order valence-corrected chi connectivity index (χ0v) is 39.7. The predicted octanol–water partition coefficient (Wildman–Crippen LogP) is 5.88. The van der Waals surface area contributed by atoms with Crippen LogP contribution in [0.25, 0.3) is 33.3 Å². The molecular formula is C50H67N7O8. The first-order valence-electron chi connectivity index (χ1n) is 22.8. The maximum Gasteiger partial charge on any atom is 0.324 e. The fourth-order valence-electron chi connectivity index (χ4n) is 9.21. The zero-order valence-electron chi connectivity index (χ0n) is 39.7. The van der Waals surface area contributed by atoms with Crippen LogP contribution in [-0.4, -0.2) is 118 Å². The normalized spacial score (nSPS) is 18.7. The summed E-state index contributed by atoms with van der Waals surface area (Å²) in [5, 5.41) is 16.6. The van der Waals surface area contributed by atoms with Crippen LogP contribution in [0.5, 0.6) is 5.75 Å². The molecule has 6 bridgehead atoms. The number of aromatic hydroxyl groups is 1. The number of ether oxygens (including phenoxy) is 2. The number of carbonyl (C=O) groups is 5. The van der Waals surface area contributed by atoms with E-state index in [1.807, 2.05) is 52.1 Å². The summed E-state index contributed by atoms with van der Waals surface area (Å²) in [5.41, 5.74) is 9.69. The van der Waals surface area contributed by atoms with Gasteiger partial charge in [-0.1, -0.05) is 53.7 Å². The number of esters is 1. The largest absolute Gasteiger partial charge is 0.508 e. The number of phenols is 1. The van der Waals surface area contributed by atoms with E-state index in [-0.39, 0.29) is 49.6 Å². The summed E-state index contributed by atoms with van der Waals surface area (Å²) < 4.78 is 14.0. The summed E-state index contributed by atoms with van der Waals surface area (Å²) in [6.07, 6.45) is 5.73. The Morgan fingerprint density at radius 2 is 1.82 bits per heavy atom. The molecule has 15 nitrogen and oxygen atoms in total. The summed E-state index contributed by atoms with van der Waals surface area (Å²) in [5.74, 6) is -2.77. The molecule has 2 aliphatic rings. The molecule has 0 spiro atoms. The van der Waals surface area contributed by atoms with Crippen molar-refractivity contribution in [3.05, 3.63) is 71.5 Å². The van der Waals surface area contributed by atoms with Crippen molar-refractivity contribution in [2.45, 2.75) is 112 Å². The molecule has 3 N–H and O–H groups in total. The Kier molecular flexibility index (Phi) is 15.4. The molecule has 4 amide bonds. The van der Waals surface area contributed by atoms with Crippen LogP contribution >= 0.6 is 0 Å². The molecule has 6 rings (SSSR count). The molecule has 4 atom stereocenters.